The molecule has 0 aliphatic carbocycles. The van der Waals surface area contributed by atoms with Gasteiger partial charge in [0, 0.05) is 17.7 Å². The largest absolute Gasteiger partial charge is 0.489 e. The summed E-state index contributed by atoms with van der Waals surface area (Å²) < 4.78 is 25.6. The standard InChI is InChI=1S/C25H22FNO3/c26-23-15-22(30-16-19-7-3-1-4-8-19)13-11-20(23)12-14-25(28)27-18-29-17-24(27)21-9-5-2-6-10-21/h1-15,24H,16-18H2/b14-12+/t24-/m0/s1. The maximum atomic E-state index is 14.5. The summed E-state index contributed by atoms with van der Waals surface area (Å²) in [4.78, 5) is 14.3. The van der Waals surface area contributed by atoms with Crippen LogP contribution in [0.3, 0.4) is 0 Å². The van der Waals surface area contributed by atoms with Crippen molar-refractivity contribution < 1.29 is 18.7 Å². The molecule has 4 nitrogen and oxygen atoms in total. The summed E-state index contributed by atoms with van der Waals surface area (Å²) in [5.41, 5.74) is 2.35. The lowest BCUT2D eigenvalue weighted by molar-refractivity contribution is -0.128. The molecule has 0 N–H and O–H groups in total. The molecule has 1 fully saturated rings. The van der Waals surface area contributed by atoms with Gasteiger partial charge in [-0.3, -0.25) is 4.79 Å². The molecule has 4 rings (SSSR count). The monoisotopic (exact) mass is 403 g/mol. The molecule has 1 saturated heterocycles. The number of hydrogen-bond acceptors (Lipinski definition) is 3. The SMILES string of the molecule is O=C(/C=C/c1ccc(OCc2ccccc2)cc1F)N1COC[C@H]1c1ccccc1. The average molecular weight is 403 g/mol. The van der Waals surface area contributed by atoms with Crippen LogP contribution in [-0.2, 0) is 16.1 Å². The molecule has 1 aliphatic rings. The fourth-order valence-corrected chi connectivity index (χ4v) is 3.34. The Balaban J connectivity index is 1.40. The summed E-state index contributed by atoms with van der Waals surface area (Å²) in [6, 6.07) is 23.9. The van der Waals surface area contributed by atoms with Gasteiger partial charge in [-0.15, -0.1) is 0 Å². The van der Waals surface area contributed by atoms with Crippen LogP contribution in [0.1, 0.15) is 22.7 Å². The Kier molecular flexibility index (Phi) is 6.20. The Bertz CT molecular complexity index is 1020. The smallest absolute Gasteiger partial charge is 0.248 e. The molecule has 30 heavy (non-hydrogen) atoms. The van der Waals surface area contributed by atoms with Crippen molar-refractivity contribution in [1.82, 2.24) is 4.90 Å². The van der Waals surface area contributed by atoms with E-state index in [0.717, 1.165) is 11.1 Å². The molecule has 1 heterocycles. The first-order chi connectivity index (χ1) is 14.7. The predicted molar refractivity (Wildman–Crippen MR) is 113 cm³/mol. The summed E-state index contributed by atoms with van der Waals surface area (Å²) in [6.07, 6.45) is 2.87. The molecule has 0 radical (unpaired) electrons. The lowest BCUT2D eigenvalue weighted by Crippen LogP contribution is -2.29. The van der Waals surface area contributed by atoms with E-state index in [2.05, 4.69) is 0 Å². The third kappa shape index (κ3) is 4.75. The summed E-state index contributed by atoms with van der Waals surface area (Å²) in [5, 5.41) is 0. The van der Waals surface area contributed by atoms with Crippen molar-refractivity contribution in [2.75, 3.05) is 13.3 Å². The van der Waals surface area contributed by atoms with E-state index >= 15 is 0 Å². The van der Waals surface area contributed by atoms with Crippen LogP contribution in [0.5, 0.6) is 5.75 Å². The normalized spacial score (nSPS) is 16.2. The van der Waals surface area contributed by atoms with E-state index < -0.39 is 5.82 Å². The van der Waals surface area contributed by atoms with Crippen LogP contribution in [0.25, 0.3) is 6.08 Å². The number of ether oxygens (including phenoxy) is 2. The van der Waals surface area contributed by atoms with Crippen molar-refractivity contribution in [2.45, 2.75) is 12.6 Å². The molecule has 152 valence electrons. The van der Waals surface area contributed by atoms with E-state index in [-0.39, 0.29) is 18.7 Å². The van der Waals surface area contributed by atoms with Crippen molar-refractivity contribution in [2.24, 2.45) is 0 Å². The van der Waals surface area contributed by atoms with E-state index in [4.69, 9.17) is 9.47 Å². The van der Waals surface area contributed by atoms with E-state index in [0.29, 0.717) is 24.5 Å². The predicted octanol–water partition coefficient (Wildman–Crippen LogP) is 4.98. The van der Waals surface area contributed by atoms with Gasteiger partial charge in [-0.25, -0.2) is 4.39 Å². The van der Waals surface area contributed by atoms with Gasteiger partial charge in [0.25, 0.3) is 0 Å². The highest BCUT2D eigenvalue weighted by Crippen LogP contribution is 2.26. The molecule has 3 aromatic carbocycles. The van der Waals surface area contributed by atoms with Crippen molar-refractivity contribution >= 4 is 12.0 Å². The number of benzene rings is 3. The quantitative estimate of drug-likeness (QED) is 0.545. The Hall–Kier alpha value is -3.44. The van der Waals surface area contributed by atoms with Crippen LogP contribution in [0, 0.1) is 5.82 Å². The maximum Gasteiger partial charge on any atom is 0.248 e. The van der Waals surface area contributed by atoms with Crippen LogP contribution in [0.4, 0.5) is 4.39 Å². The Morgan fingerprint density at radius 2 is 1.80 bits per heavy atom. The first-order valence-corrected chi connectivity index (χ1v) is 9.78. The van der Waals surface area contributed by atoms with Gasteiger partial charge >= 0.3 is 0 Å². The zero-order valence-electron chi connectivity index (χ0n) is 16.4. The third-order valence-electron chi connectivity index (χ3n) is 4.98. The number of carbonyl (C=O) groups is 1. The van der Waals surface area contributed by atoms with Crippen molar-refractivity contribution in [3.8, 4) is 5.75 Å². The van der Waals surface area contributed by atoms with Gasteiger partial charge in [0.05, 0.1) is 12.6 Å². The lowest BCUT2D eigenvalue weighted by atomic mass is 10.1. The Labute approximate surface area is 175 Å². The summed E-state index contributed by atoms with van der Waals surface area (Å²) in [6.45, 7) is 1.03. The summed E-state index contributed by atoms with van der Waals surface area (Å²) in [5.74, 6) is -0.219. The Morgan fingerprint density at radius 3 is 2.53 bits per heavy atom. The van der Waals surface area contributed by atoms with E-state index in [1.165, 1.54) is 18.2 Å². The van der Waals surface area contributed by atoms with Gasteiger partial charge in [0.2, 0.25) is 5.91 Å². The number of rotatable bonds is 6. The lowest BCUT2D eigenvalue weighted by Gasteiger charge is -2.21. The van der Waals surface area contributed by atoms with Crippen LogP contribution in [-0.4, -0.2) is 24.1 Å². The third-order valence-corrected chi connectivity index (χ3v) is 4.98. The minimum atomic E-state index is -0.443. The van der Waals surface area contributed by atoms with Gasteiger partial charge in [0.15, 0.2) is 0 Å². The molecular formula is C25H22FNO3. The highest BCUT2D eigenvalue weighted by molar-refractivity contribution is 5.92. The topological polar surface area (TPSA) is 38.8 Å². The maximum absolute atomic E-state index is 14.5. The van der Waals surface area contributed by atoms with Crippen molar-refractivity contribution in [3.63, 3.8) is 0 Å². The molecule has 1 atom stereocenters. The molecule has 5 heteroatoms. The summed E-state index contributed by atoms with van der Waals surface area (Å²) >= 11 is 0. The average Bonchev–Trinajstić information content (AvgIpc) is 3.28. The highest BCUT2D eigenvalue weighted by Gasteiger charge is 2.29. The van der Waals surface area contributed by atoms with E-state index in [1.807, 2.05) is 60.7 Å². The Morgan fingerprint density at radius 1 is 1.07 bits per heavy atom. The van der Waals surface area contributed by atoms with Crippen molar-refractivity contribution in [1.29, 1.82) is 0 Å². The minimum absolute atomic E-state index is 0.137. The number of carbonyl (C=O) groups excluding carboxylic acids is 1. The second-order valence-electron chi connectivity index (χ2n) is 7.03. The molecule has 1 amide bonds. The van der Waals surface area contributed by atoms with Gasteiger partial charge in [0.1, 0.15) is 24.9 Å². The van der Waals surface area contributed by atoms with Crippen molar-refractivity contribution in [3.05, 3.63) is 107 Å². The molecular weight excluding hydrogens is 381 g/mol. The van der Waals surface area contributed by atoms with Gasteiger partial charge in [-0.2, -0.15) is 0 Å². The van der Waals surface area contributed by atoms with Crippen LogP contribution < -0.4 is 4.74 Å². The van der Waals surface area contributed by atoms with Gasteiger partial charge in [-0.1, -0.05) is 60.7 Å². The number of nitrogens with zero attached hydrogens (tertiary/aromatic N) is 1. The molecule has 0 bridgehead atoms. The molecule has 0 unspecified atom stereocenters. The first kappa shape index (κ1) is 19.9. The first-order valence-electron chi connectivity index (χ1n) is 9.78. The zero-order chi connectivity index (χ0) is 20.8. The van der Waals surface area contributed by atoms with Crippen LogP contribution in [0.2, 0.25) is 0 Å². The van der Waals surface area contributed by atoms with Gasteiger partial charge < -0.3 is 14.4 Å². The number of amides is 1. The second-order valence-corrected chi connectivity index (χ2v) is 7.03. The van der Waals surface area contributed by atoms with Gasteiger partial charge in [-0.05, 0) is 29.3 Å². The van der Waals surface area contributed by atoms with E-state index in [1.54, 1.807) is 17.0 Å². The molecule has 3 aromatic rings. The molecule has 0 aromatic heterocycles. The molecule has 0 saturated carbocycles. The molecule has 0 spiro atoms. The van der Waals surface area contributed by atoms with Crippen LogP contribution >= 0.6 is 0 Å². The number of hydrogen-bond donors (Lipinski definition) is 0. The highest BCUT2D eigenvalue weighted by atomic mass is 19.1. The summed E-state index contributed by atoms with van der Waals surface area (Å²) in [7, 11) is 0. The molecule has 1 aliphatic heterocycles. The zero-order valence-corrected chi connectivity index (χ0v) is 16.4. The van der Waals surface area contributed by atoms with E-state index in [9.17, 15) is 9.18 Å². The minimum Gasteiger partial charge on any atom is -0.489 e. The second kappa shape index (κ2) is 9.37. The fourth-order valence-electron chi connectivity index (χ4n) is 3.34. The fraction of sp³-hybridized carbons (Fsp3) is 0.160. The van der Waals surface area contributed by atoms with Crippen LogP contribution in [0.15, 0.2) is 84.9 Å². The number of halogens is 1.